The molecule has 1 N–H and O–H groups in total. The third-order valence-corrected chi connectivity index (χ3v) is 3.34. The van der Waals surface area contributed by atoms with Gasteiger partial charge in [-0.25, -0.2) is 9.97 Å². The molecular formula is C15H17N5O2. The van der Waals surface area contributed by atoms with Crippen molar-refractivity contribution in [3.05, 3.63) is 41.6 Å². The summed E-state index contributed by atoms with van der Waals surface area (Å²) in [6.07, 6.45) is 3.92. The molecule has 0 atom stereocenters. The van der Waals surface area contributed by atoms with Crippen molar-refractivity contribution in [1.29, 1.82) is 0 Å². The Labute approximate surface area is 128 Å². The second-order valence-corrected chi connectivity index (χ2v) is 5.08. The molecule has 0 aliphatic heterocycles. The minimum Gasteiger partial charge on any atom is -0.477 e. The zero-order valence-corrected chi connectivity index (χ0v) is 12.3. The van der Waals surface area contributed by atoms with Crippen molar-refractivity contribution in [2.75, 3.05) is 6.61 Å². The standard InChI is InChI=1S/C15H17N5O2/c1-2-22-14-6-5-12(19-20-14)15(21)16-8-11-7-13(10-3-4-10)18-9-17-11/h5-7,9-10H,2-4,8H2,1H3,(H,16,21). The lowest BCUT2D eigenvalue weighted by molar-refractivity contribution is 0.0944. The van der Waals surface area contributed by atoms with Gasteiger partial charge in [0.05, 0.1) is 18.8 Å². The van der Waals surface area contributed by atoms with Crippen LogP contribution in [0.1, 0.15) is 47.6 Å². The van der Waals surface area contributed by atoms with E-state index in [1.807, 2.05) is 13.0 Å². The zero-order chi connectivity index (χ0) is 15.4. The van der Waals surface area contributed by atoms with E-state index in [0.717, 1.165) is 11.4 Å². The molecule has 0 unspecified atom stereocenters. The Hall–Kier alpha value is -2.57. The highest BCUT2D eigenvalue weighted by Gasteiger charge is 2.25. The number of amides is 1. The van der Waals surface area contributed by atoms with Gasteiger partial charge in [0, 0.05) is 17.7 Å². The molecule has 1 fully saturated rings. The third-order valence-electron chi connectivity index (χ3n) is 3.34. The molecule has 3 rings (SSSR count). The number of aromatic nitrogens is 4. The smallest absolute Gasteiger partial charge is 0.272 e. The predicted molar refractivity (Wildman–Crippen MR) is 78.4 cm³/mol. The number of hydrogen-bond acceptors (Lipinski definition) is 6. The lowest BCUT2D eigenvalue weighted by Crippen LogP contribution is -2.24. The zero-order valence-electron chi connectivity index (χ0n) is 12.3. The first-order chi connectivity index (χ1) is 10.8. The SMILES string of the molecule is CCOc1ccc(C(=O)NCc2cc(C3CC3)ncn2)nn1. The third kappa shape index (κ3) is 3.55. The Bertz CT molecular complexity index is 655. The summed E-state index contributed by atoms with van der Waals surface area (Å²) in [5.74, 6) is 0.681. The lowest BCUT2D eigenvalue weighted by atomic mass is 10.2. The minimum absolute atomic E-state index is 0.250. The molecule has 7 heteroatoms. The highest BCUT2D eigenvalue weighted by Crippen LogP contribution is 2.38. The summed E-state index contributed by atoms with van der Waals surface area (Å²) in [6, 6.07) is 5.16. The second kappa shape index (κ2) is 6.46. The molecule has 7 nitrogen and oxygen atoms in total. The normalized spacial score (nSPS) is 13.7. The van der Waals surface area contributed by atoms with Crippen molar-refractivity contribution in [2.24, 2.45) is 0 Å². The summed E-state index contributed by atoms with van der Waals surface area (Å²) >= 11 is 0. The molecule has 0 aromatic carbocycles. The minimum atomic E-state index is -0.290. The number of rotatable bonds is 6. The van der Waals surface area contributed by atoms with Crippen molar-refractivity contribution >= 4 is 5.91 Å². The number of hydrogen-bond donors (Lipinski definition) is 1. The van der Waals surface area contributed by atoms with Crippen LogP contribution in [-0.4, -0.2) is 32.7 Å². The molecule has 0 saturated heterocycles. The molecule has 1 aliphatic carbocycles. The number of nitrogens with zero attached hydrogens (tertiary/aromatic N) is 4. The van der Waals surface area contributed by atoms with Crippen LogP contribution in [0.5, 0.6) is 5.88 Å². The molecular weight excluding hydrogens is 282 g/mol. The molecule has 1 aliphatic rings. The van der Waals surface area contributed by atoms with Crippen molar-refractivity contribution < 1.29 is 9.53 Å². The van der Waals surface area contributed by atoms with Gasteiger partial charge >= 0.3 is 0 Å². The molecule has 0 bridgehead atoms. The number of nitrogens with one attached hydrogen (secondary N) is 1. The van der Waals surface area contributed by atoms with Gasteiger partial charge in [0.25, 0.3) is 5.91 Å². The fourth-order valence-corrected chi connectivity index (χ4v) is 2.04. The number of carbonyl (C=O) groups excluding carboxylic acids is 1. The maximum atomic E-state index is 12.0. The Morgan fingerprint density at radius 3 is 2.86 bits per heavy atom. The van der Waals surface area contributed by atoms with Crippen LogP contribution in [0.15, 0.2) is 24.5 Å². The van der Waals surface area contributed by atoms with Gasteiger partial charge < -0.3 is 10.1 Å². The molecule has 2 aromatic heterocycles. The molecule has 2 heterocycles. The first kappa shape index (κ1) is 14.4. The van der Waals surface area contributed by atoms with Crippen LogP contribution >= 0.6 is 0 Å². The van der Waals surface area contributed by atoms with Crippen LogP contribution < -0.4 is 10.1 Å². The van der Waals surface area contributed by atoms with E-state index < -0.39 is 0 Å². The van der Waals surface area contributed by atoms with E-state index in [9.17, 15) is 4.79 Å². The van der Waals surface area contributed by atoms with Gasteiger partial charge in [-0.2, -0.15) is 0 Å². The lowest BCUT2D eigenvalue weighted by Gasteiger charge is -2.06. The van der Waals surface area contributed by atoms with Crippen LogP contribution in [0.25, 0.3) is 0 Å². The van der Waals surface area contributed by atoms with Gasteiger partial charge in [-0.3, -0.25) is 4.79 Å². The molecule has 114 valence electrons. The summed E-state index contributed by atoms with van der Waals surface area (Å²) < 4.78 is 5.19. The molecule has 0 spiro atoms. The Balaban J connectivity index is 1.58. The van der Waals surface area contributed by atoms with Gasteiger partial charge in [0.2, 0.25) is 5.88 Å². The number of carbonyl (C=O) groups is 1. The molecule has 1 amide bonds. The Morgan fingerprint density at radius 2 is 2.18 bits per heavy atom. The fraction of sp³-hybridized carbons (Fsp3) is 0.400. The van der Waals surface area contributed by atoms with Crippen molar-refractivity contribution in [3.63, 3.8) is 0 Å². The molecule has 0 radical (unpaired) electrons. The maximum absolute atomic E-state index is 12.0. The maximum Gasteiger partial charge on any atom is 0.272 e. The Kier molecular flexibility index (Phi) is 4.22. The van der Waals surface area contributed by atoms with Gasteiger partial charge in [-0.1, -0.05) is 0 Å². The van der Waals surface area contributed by atoms with Gasteiger partial charge in [-0.15, -0.1) is 10.2 Å². The topological polar surface area (TPSA) is 89.9 Å². The van der Waals surface area contributed by atoms with Crippen LogP contribution in [0, 0.1) is 0 Å². The first-order valence-electron chi connectivity index (χ1n) is 7.32. The van der Waals surface area contributed by atoms with E-state index in [2.05, 4.69) is 25.5 Å². The molecule has 2 aromatic rings. The average Bonchev–Trinajstić information content (AvgIpc) is 3.39. The Morgan fingerprint density at radius 1 is 1.32 bits per heavy atom. The summed E-state index contributed by atoms with van der Waals surface area (Å²) in [5, 5.41) is 10.5. The van der Waals surface area contributed by atoms with Crippen LogP contribution in [-0.2, 0) is 6.54 Å². The van der Waals surface area contributed by atoms with Crippen molar-refractivity contribution in [2.45, 2.75) is 32.2 Å². The van der Waals surface area contributed by atoms with E-state index in [1.165, 1.54) is 12.8 Å². The number of ether oxygens (including phenoxy) is 1. The highest BCUT2D eigenvalue weighted by atomic mass is 16.5. The second-order valence-electron chi connectivity index (χ2n) is 5.08. The van der Waals surface area contributed by atoms with Gasteiger partial charge in [0.1, 0.15) is 6.33 Å². The summed E-state index contributed by atoms with van der Waals surface area (Å²) in [6.45, 7) is 2.72. The van der Waals surface area contributed by atoms with Crippen LogP contribution in [0.2, 0.25) is 0 Å². The summed E-state index contributed by atoms with van der Waals surface area (Å²) in [4.78, 5) is 20.4. The van der Waals surface area contributed by atoms with E-state index >= 15 is 0 Å². The van der Waals surface area contributed by atoms with Crippen LogP contribution in [0.3, 0.4) is 0 Å². The average molecular weight is 299 g/mol. The van der Waals surface area contributed by atoms with Crippen LogP contribution in [0.4, 0.5) is 0 Å². The quantitative estimate of drug-likeness (QED) is 0.868. The van der Waals surface area contributed by atoms with Gasteiger partial charge in [0.15, 0.2) is 5.69 Å². The predicted octanol–water partition coefficient (Wildman–Crippen LogP) is 1.47. The van der Waals surface area contributed by atoms with E-state index in [1.54, 1.807) is 18.5 Å². The summed E-state index contributed by atoms with van der Waals surface area (Å²) in [7, 11) is 0. The van der Waals surface area contributed by atoms with Crippen molar-refractivity contribution in [1.82, 2.24) is 25.5 Å². The van der Waals surface area contributed by atoms with Crippen molar-refractivity contribution in [3.8, 4) is 5.88 Å². The van der Waals surface area contributed by atoms with Gasteiger partial charge in [-0.05, 0) is 31.9 Å². The van der Waals surface area contributed by atoms with E-state index in [0.29, 0.717) is 24.9 Å². The summed E-state index contributed by atoms with van der Waals surface area (Å²) in [5.41, 5.74) is 2.10. The molecule has 22 heavy (non-hydrogen) atoms. The largest absolute Gasteiger partial charge is 0.477 e. The monoisotopic (exact) mass is 299 g/mol. The highest BCUT2D eigenvalue weighted by molar-refractivity contribution is 5.91. The van der Waals surface area contributed by atoms with E-state index in [-0.39, 0.29) is 11.6 Å². The van der Waals surface area contributed by atoms with E-state index in [4.69, 9.17) is 4.74 Å². The molecule has 1 saturated carbocycles. The fourth-order valence-electron chi connectivity index (χ4n) is 2.04. The first-order valence-corrected chi connectivity index (χ1v) is 7.32.